The lowest BCUT2D eigenvalue weighted by molar-refractivity contribution is 0.418. The third-order valence-corrected chi connectivity index (χ3v) is 2.85. The van der Waals surface area contributed by atoms with Crippen molar-refractivity contribution < 1.29 is 4.52 Å². The largest absolute Gasteiger partial charge is 0.378 e. The zero-order valence-electron chi connectivity index (χ0n) is 10.9. The third-order valence-electron chi connectivity index (χ3n) is 2.85. The van der Waals surface area contributed by atoms with Gasteiger partial charge >= 0.3 is 0 Å². The van der Waals surface area contributed by atoms with Crippen molar-refractivity contribution in [3.8, 4) is 11.5 Å². The summed E-state index contributed by atoms with van der Waals surface area (Å²) in [6.07, 6.45) is 0. The van der Waals surface area contributed by atoms with Crippen molar-refractivity contribution in [3.63, 3.8) is 0 Å². The van der Waals surface area contributed by atoms with E-state index in [0.29, 0.717) is 18.3 Å². The van der Waals surface area contributed by atoms with Gasteiger partial charge in [-0.2, -0.15) is 4.98 Å². The SMILES string of the molecule is CC(CN)c1noc(-c2cccc(N(C)C)c2)n1. The molecule has 18 heavy (non-hydrogen) atoms. The fraction of sp³-hybridized carbons (Fsp3) is 0.385. The van der Waals surface area contributed by atoms with Crippen molar-refractivity contribution in [2.75, 3.05) is 25.5 Å². The Hall–Kier alpha value is -1.88. The highest BCUT2D eigenvalue weighted by Crippen LogP contribution is 2.23. The predicted octanol–water partition coefficient (Wildman–Crippen LogP) is 1.86. The molecular formula is C13H18N4O. The molecule has 0 aliphatic heterocycles. The van der Waals surface area contributed by atoms with E-state index < -0.39 is 0 Å². The van der Waals surface area contributed by atoms with E-state index >= 15 is 0 Å². The van der Waals surface area contributed by atoms with Crippen molar-refractivity contribution in [2.45, 2.75) is 12.8 Å². The topological polar surface area (TPSA) is 68.2 Å². The van der Waals surface area contributed by atoms with Crippen LogP contribution in [-0.2, 0) is 0 Å². The van der Waals surface area contributed by atoms with Crippen LogP contribution in [0.5, 0.6) is 0 Å². The Bertz CT molecular complexity index is 521. The monoisotopic (exact) mass is 246 g/mol. The van der Waals surface area contributed by atoms with Crippen molar-refractivity contribution in [1.29, 1.82) is 0 Å². The highest BCUT2D eigenvalue weighted by molar-refractivity contribution is 5.61. The van der Waals surface area contributed by atoms with E-state index in [1.54, 1.807) is 0 Å². The smallest absolute Gasteiger partial charge is 0.258 e. The van der Waals surface area contributed by atoms with Gasteiger partial charge in [-0.15, -0.1) is 0 Å². The molecule has 0 spiro atoms. The first-order valence-electron chi connectivity index (χ1n) is 5.93. The lowest BCUT2D eigenvalue weighted by Crippen LogP contribution is -2.10. The van der Waals surface area contributed by atoms with Gasteiger partial charge in [0.25, 0.3) is 5.89 Å². The van der Waals surface area contributed by atoms with Crippen LogP contribution >= 0.6 is 0 Å². The fourth-order valence-electron chi connectivity index (χ4n) is 1.57. The Morgan fingerprint density at radius 2 is 2.17 bits per heavy atom. The molecule has 0 saturated carbocycles. The molecule has 1 unspecified atom stereocenters. The van der Waals surface area contributed by atoms with Crippen molar-refractivity contribution >= 4 is 5.69 Å². The Labute approximate surface area is 107 Å². The maximum absolute atomic E-state index is 5.59. The van der Waals surface area contributed by atoms with Gasteiger partial charge in [0.15, 0.2) is 5.82 Å². The molecule has 0 saturated heterocycles. The van der Waals surface area contributed by atoms with Gasteiger partial charge in [0.2, 0.25) is 0 Å². The first-order chi connectivity index (χ1) is 8.61. The van der Waals surface area contributed by atoms with Crippen LogP contribution in [0.3, 0.4) is 0 Å². The number of nitrogens with zero attached hydrogens (tertiary/aromatic N) is 3. The summed E-state index contributed by atoms with van der Waals surface area (Å²) in [5, 5.41) is 3.96. The Morgan fingerprint density at radius 3 is 2.83 bits per heavy atom. The van der Waals surface area contributed by atoms with Crippen molar-refractivity contribution in [2.24, 2.45) is 5.73 Å². The molecule has 0 aliphatic rings. The quantitative estimate of drug-likeness (QED) is 0.891. The van der Waals surface area contributed by atoms with Crippen LogP contribution in [0.1, 0.15) is 18.7 Å². The average Bonchev–Trinajstić information content (AvgIpc) is 2.87. The summed E-state index contributed by atoms with van der Waals surface area (Å²) < 4.78 is 5.27. The maximum Gasteiger partial charge on any atom is 0.258 e. The number of hydrogen-bond acceptors (Lipinski definition) is 5. The number of aromatic nitrogens is 2. The van der Waals surface area contributed by atoms with Crippen molar-refractivity contribution in [3.05, 3.63) is 30.1 Å². The molecule has 5 heteroatoms. The van der Waals surface area contributed by atoms with Crippen LogP contribution in [0, 0.1) is 0 Å². The minimum atomic E-state index is 0.111. The van der Waals surface area contributed by atoms with Gasteiger partial charge < -0.3 is 15.2 Å². The average molecular weight is 246 g/mol. The standard InChI is InChI=1S/C13H18N4O/c1-9(8-14)12-15-13(18-16-12)10-5-4-6-11(7-10)17(2)3/h4-7,9H,8,14H2,1-3H3. The van der Waals surface area contributed by atoms with Crippen LogP contribution in [0.4, 0.5) is 5.69 Å². The first kappa shape index (κ1) is 12.6. The summed E-state index contributed by atoms with van der Waals surface area (Å²) in [7, 11) is 3.99. The molecule has 2 N–H and O–H groups in total. The van der Waals surface area contributed by atoms with Gasteiger partial charge in [0.05, 0.1) is 0 Å². The highest BCUT2D eigenvalue weighted by atomic mass is 16.5. The number of anilines is 1. The first-order valence-corrected chi connectivity index (χ1v) is 5.93. The van der Waals surface area contributed by atoms with Gasteiger partial charge in [-0.25, -0.2) is 0 Å². The van der Waals surface area contributed by atoms with E-state index in [-0.39, 0.29) is 5.92 Å². The molecule has 1 atom stereocenters. The van der Waals surface area contributed by atoms with E-state index in [2.05, 4.69) is 10.1 Å². The number of nitrogens with two attached hydrogens (primary N) is 1. The molecule has 5 nitrogen and oxygen atoms in total. The summed E-state index contributed by atoms with van der Waals surface area (Å²) in [6, 6.07) is 7.98. The molecule has 1 aromatic carbocycles. The number of hydrogen-bond donors (Lipinski definition) is 1. The minimum absolute atomic E-state index is 0.111. The zero-order chi connectivity index (χ0) is 13.1. The molecule has 96 valence electrons. The second-order valence-electron chi connectivity index (χ2n) is 4.54. The number of rotatable bonds is 4. The van der Waals surface area contributed by atoms with Crippen LogP contribution in [0.2, 0.25) is 0 Å². The summed E-state index contributed by atoms with van der Waals surface area (Å²) in [4.78, 5) is 6.41. The molecule has 2 rings (SSSR count). The molecule has 2 aromatic rings. The van der Waals surface area contributed by atoms with Crippen LogP contribution in [0.25, 0.3) is 11.5 Å². The van der Waals surface area contributed by atoms with Crippen LogP contribution in [-0.4, -0.2) is 30.8 Å². The van der Waals surface area contributed by atoms with Gasteiger partial charge in [-0.05, 0) is 18.2 Å². The molecule has 1 heterocycles. The van der Waals surface area contributed by atoms with Crippen molar-refractivity contribution in [1.82, 2.24) is 10.1 Å². The Kier molecular flexibility index (Phi) is 3.62. The minimum Gasteiger partial charge on any atom is -0.378 e. The maximum atomic E-state index is 5.59. The lowest BCUT2D eigenvalue weighted by Gasteiger charge is -2.12. The Morgan fingerprint density at radius 1 is 1.39 bits per heavy atom. The fourth-order valence-corrected chi connectivity index (χ4v) is 1.57. The molecule has 0 amide bonds. The van der Waals surface area contributed by atoms with E-state index in [4.69, 9.17) is 10.3 Å². The van der Waals surface area contributed by atoms with Crippen LogP contribution in [0.15, 0.2) is 28.8 Å². The summed E-state index contributed by atoms with van der Waals surface area (Å²) >= 11 is 0. The second kappa shape index (κ2) is 5.18. The third kappa shape index (κ3) is 2.51. The second-order valence-corrected chi connectivity index (χ2v) is 4.54. The van der Waals surface area contributed by atoms with Crippen LogP contribution < -0.4 is 10.6 Å². The zero-order valence-corrected chi connectivity index (χ0v) is 10.9. The van der Waals surface area contributed by atoms with Gasteiger partial charge in [-0.3, -0.25) is 0 Å². The normalized spacial score (nSPS) is 12.4. The summed E-state index contributed by atoms with van der Waals surface area (Å²) in [5.41, 5.74) is 7.60. The predicted molar refractivity (Wildman–Crippen MR) is 71.5 cm³/mol. The molecule has 0 aliphatic carbocycles. The molecular weight excluding hydrogens is 228 g/mol. The van der Waals surface area contributed by atoms with Gasteiger partial charge in [-0.1, -0.05) is 18.1 Å². The molecule has 1 aromatic heterocycles. The van der Waals surface area contributed by atoms with Gasteiger partial charge in [0, 0.05) is 37.8 Å². The van der Waals surface area contributed by atoms with E-state index in [1.807, 2.05) is 50.2 Å². The Balaban J connectivity index is 2.31. The molecule has 0 radical (unpaired) electrons. The molecule has 0 fully saturated rings. The summed E-state index contributed by atoms with van der Waals surface area (Å²) in [6.45, 7) is 2.49. The van der Waals surface area contributed by atoms with Gasteiger partial charge in [0.1, 0.15) is 0 Å². The number of benzene rings is 1. The highest BCUT2D eigenvalue weighted by Gasteiger charge is 2.13. The van der Waals surface area contributed by atoms with E-state index in [1.165, 1.54) is 0 Å². The van der Waals surface area contributed by atoms with E-state index in [0.717, 1.165) is 11.3 Å². The summed E-state index contributed by atoms with van der Waals surface area (Å²) in [5.74, 6) is 1.30. The molecule has 0 bridgehead atoms. The van der Waals surface area contributed by atoms with E-state index in [9.17, 15) is 0 Å². The lowest BCUT2D eigenvalue weighted by atomic mass is 10.1.